The Morgan fingerprint density at radius 2 is 0.673 bits per heavy atom. The van der Waals surface area contributed by atoms with Crippen LogP contribution in [0.15, 0.2) is 285 Å². The molecule has 4 aliphatic rings. The number of benzene rings is 13. The summed E-state index contributed by atoms with van der Waals surface area (Å²) in [4.78, 5) is 5.41. The van der Waals surface area contributed by atoms with Crippen LogP contribution >= 0.6 is 0 Å². The predicted molar refractivity (Wildman–Crippen MR) is 419 cm³/mol. The molecule has 2 nitrogen and oxygen atoms in total. The molecule has 0 saturated carbocycles. The third-order valence-corrected chi connectivity index (χ3v) is 21.9. The van der Waals surface area contributed by atoms with Crippen molar-refractivity contribution in [3.8, 4) is 77.9 Å². The minimum Gasteiger partial charge on any atom is -0.311 e. The molecule has 0 saturated heterocycles. The van der Waals surface area contributed by atoms with Crippen molar-refractivity contribution in [1.82, 2.24) is 0 Å². The van der Waals surface area contributed by atoms with Crippen LogP contribution in [0, 0.1) is 0 Å². The molecule has 0 atom stereocenters. The van der Waals surface area contributed by atoms with Gasteiger partial charge in [-0.2, -0.15) is 0 Å². The highest BCUT2D eigenvalue weighted by Crippen LogP contribution is 2.65. The second kappa shape index (κ2) is 22.3. The monoisotopic (exact) mass is 1260 g/mol. The molecule has 0 N–H and O–H groups in total. The lowest BCUT2D eigenvalue weighted by Crippen LogP contribution is -2.61. The maximum Gasteiger partial charge on any atom is 0.252 e. The van der Waals surface area contributed by atoms with Gasteiger partial charge in [0.25, 0.3) is 6.71 Å². The molecule has 2 aliphatic heterocycles. The molecule has 0 bridgehead atoms. The molecule has 0 fully saturated rings. The minimum atomic E-state index is -0.550. The van der Waals surface area contributed by atoms with E-state index in [-0.39, 0.29) is 28.4 Å². The van der Waals surface area contributed by atoms with Gasteiger partial charge in [0.05, 0.1) is 16.8 Å². The van der Waals surface area contributed by atoms with Crippen molar-refractivity contribution >= 4 is 57.2 Å². The van der Waals surface area contributed by atoms with Crippen LogP contribution < -0.4 is 26.2 Å². The van der Waals surface area contributed by atoms with Gasteiger partial charge in [-0.25, -0.2) is 0 Å². The Kier molecular flexibility index (Phi) is 13.9. The highest BCUT2D eigenvalue weighted by atomic mass is 15.2. The largest absolute Gasteiger partial charge is 0.311 e. The number of anilines is 6. The van der Waals surface area contributed by atoms with Crippen LogP contribution in [-0.4, -0.2) is 6.71 Å². The van der Waals surface area contributed by atoms with Gasteiger partial charge < -0.3 is 9.80 Å². The van der Waals surface area contributed by atoms with E-state index < -0.39 is 5.41 Å². The fourth-order valence-electron chi connectivity index (χ4n) is 16.9. The zero-order valence-corrected chi connectivity index (χ0v) is 58.6. The molecule has 0 aromatic heterocycles. The summed E-state index contributed by atoms with van der Waals surface area (Å²) in [6.07, 6.45) is 0. The van der Waals surface area contributed by atoms with Crippen LogP contribution in [0.25, 0.3) is 77.9 Å². The maximum atomic E-state index is 2.71. The fourth-order valence-corrected chi connectivity index (χ4v) is 16.9. The third-order valence-electron chi connectivity index (χ3n) is 21.9. The number of hydrogen-bond donors (Lipinski definition) is 0. The van der Waals surface area contributed by atoms with Crippen molar-refractivity contribution in [3.63, 3.8) is 0 Å². The first-order valence-electron chi connectivity index (χ1n) is 35.3. The molecule has 98 heavy (non-hydrogen) atoms. The Balaban J connectivity index is 1.02. The molecular formula is C95H83BN2. The summed E-state index contributed by atoms with van der Waals surface area (Å²) in [5.74, 6) is 0. The molecule has 17 rings (SSSR count). The minimum absolute atomic E-state index is 0.0758. The topological polar surface area (TPSA) is 6.48 Å². The number of para-hydroxylation sites is 1. The van der Waals surface area contributed by atoms with Gasteiger partial charge in [0.2, 0.25) is 0 Å². The van der Waals surface area contributed by atoms with E-state index in [1.807, 2.05) is 0 Å². The van der Waals surface area contributed by atoms with Crippen LogP contribution in [-0.2, 0) is 27.1 Å². The van der Waals surface area contributed by atoms with Gasteiger partial charge in [0.15, 0.2) is 0 Å². The second-order valence-electron chi connectivity index (χ2n) is 32.0. The van der Waals surface area contributed by atoms with Crippen molar-refractivity contribution < 1.29 is 0 Å². The Labute approximate surface area is 581 Å². The molecular weight excluding hydrogens is 1180 g/mol. The molecule has 2 heterocycles. The van der Waals surface area contributed by atoms with E-state index in [0.717, 1.165) is 11.4 Å². The van der Waals surface area contributed by atoms with Crippen LogP contribution in [0.2, 0.25) is 0 Å². The van der Waals surface area contributed by atoms with Gasteiger partial charge >= 0.3 is 0 Å². The number of hydrogen-bond acceptors (Lipinski definition) is 2. The van der Waals surface area contributed by atoms with Gasteiger partial charge in [-0.1, -0.05) is 332 Å². The van der Waals surface area contributed by atoms with E-state index >= 15 is 0 Å². The number of nitrogens with zero attached hydrogens (tertiary/aromatic N) is 2. The summed E-state index contributed by atoms with van der Waals surface area (Å²) >= 11 is 0. The summed E-state index contributed by atoms with van der Waals surface area (Å²) < 4.78 is 0. The van der Waals surface area contributed by atoms with Crippen molar-refractivity contribution in [2.45, 2.75) is 110 Å². The Morgan fingerprint density at radius 1 is 0.245 bits per heavy atom. The number of fused-ring (bicyclic) bond motifs is 14. The summed E-state index contributed by atoms with van der Waals surface area (Å²) in [6.45, 7) is 28.2. The molecule has 3 heteroatoms. The first-order chi connectivity index (χ1) is 47.2. The molecule has 476 valence electrons. The molecule has 0 unspecified atom stereocenters. The molecule has 2 aliphatic carbocycles. The third kappa shape index (κ3) is 9.51. The summed E-state index contributed by atoms with van der Waals surface area (Å²) in [5.41, 5.74) is 37.5. The highest BCUT2D eigenvalue weighted by molar-refractivity contribution is 7.00. The lowest BCUT2D eigenvalue weighted by atomic mass is 9.33. The highest BCUT2D eigenvalue weighted by Gasteiger charge is 2.53. The summed E-state index contributed by atoms with van der Waals surface area (Å²) in [6, 6.07) is 110. The van der Waals surface area contributed by atoms with Crippen LogP contribution in [0.5, 0.6) is 0 Å². The van der Waals surface area contributed by atoms with Crippen molar-refractivity contribution in [2.75, 3.05) is 9.80 Å². The van der Waals surface area contributed by atoms with Gasteiger partial charge in [0.1, 0.15) is 0 Å². The average molecular weight is 1260 g/mol. The van der Waals surface area contributed by atoms with E-state index in [0.29, 0.717) is 0 Å². The zero-order chi connectivity index (χ0) is 67.4. The van der Waals surface area contributed by atoms with Gasteiger partial charge in [-0.05, 0) is 180 Å². The SMILES string of the molecule is CC(C)(C)c1cc(-c2ccc3c(c2)B2c4ccc(-c5cccc6c5C5(c7ccccc7-c7ccccc75)c5ccccc5-6)cc4N(c4ccc(C(C)(C)C)cc4-c4ccccc4)c4cc(C(C)(C)C)cc(c42)N3c2c(-c3ccccc3)cccc2-c2ccccc2)cc(C(C)(C)C)c1. The lowest BCUT2D eigenvalue weighted by molar-refractivity contribution is 0.569. The van der Waals surface area contributed by atoms with Gasteiger partial charge in [0, 0.05) is 39.4 Å². The van der Waals surface area contributed by atoms with Gasteiger partial charge in [-0.15, -0.1) is 0 Å². The van der Waals surface area contributed by atoms with E-state index in [9.17, 15) is 0 Å². The van der Waals surface area contributed by atoms with E-state index in [4.69, 9.17) is 0 Å². The van der Waals surface area contributed by atoms with Crippen molar-refractivity contribution in [2.24, 2.45) is 0 Å². The van der Waals surface area contributed by atoms with Crippen LogP contribution in [0.3, 0.4) is 0 Å². The van der Waals surface area contributed by atoms with Crippen molar-refractivity contribution in [3.05, 3.63) is 330 Å². The van der Waals surface area contributed by atoms with E-state index in [1.165, 1.54) is 162 Å². The number of rotatable bonds is 7. The fraction of sp³-hybridized carbons (Fsp3) is 0.179. The lowest BCUT2D eigenvalue weighted by Gasteiger charge is -2.46. The maximum absolute atomic E-state index is 2.71. The van der Waals surface area contributed by atoms with Crippen LogP contribution in [0.4, 0.5) is 34.1 Å². The first-order valence-corrected chi connectivity index (χ1v) is 35.3. The van der Waals surface area contributed by atoms with Crippen molar-refractivity contribution in [1.29, 1.82) is 0 Å². The molecule has 13 aromatic rings. The molecule has 0 radical (unpaired) electrons. The quantitative estimate of drug-likeness (QED) is 0.147. The summed E-state index contributed by atoms with van der Waals surface area (Å²) in [5, 5.41) is 0. The Morgan fingerprint density at radius 3 is 1.20 bits per heavy atom. The first kappa shape index (κ1) is 61.1. The average Bonchev–Trinajstić information content (AvgIpc) is 1.38. The van der Waals surface area contributed by atoms with Crippen LogP contribution in [0.1, 0.15) is 128 Å². The van der Waals surface area contributed by atoms with Gasteiger partial charge in [-0.3, -0.25) is 0 Å². The standard InChI is InChI=1S/C95H83BN2/c1-91(2,3)66-48-51-83(77(57-66)62-34-20-15-21-35-62)97-85-55-64(70-39-28-42-76-75-38-24-27-45-80(75)95(88(70)76)78-43-25-22-36-73(78)74-37-23-26-44-79(74)95)46-49-81(85)96-82-54-63(65-52-67(92(4,5)6)56-68(53-65)93(7,8)9)47-50-84(82)98(87-59-69(94(10,11)12)58-86(97)89(87)96)90-71(60-30-16-13-17-31-60)40-29-41-72(90)61-32-18-14-19-33-61/h13-59H,1-12H3. The van der Waals surface area contributed by atoms with E-state index in [2.05, 4.69) is 378 Å². The second-order valence-corrected chi connectivity index (χ2v) is 32.0. The molecule has 13 aromatic carbocycles. The zero-order valence-electron chi connectivity index (χ0n) is 58.6. The Hall–Kier alpha value is -10.5. The molecule has 0 amide bonds. The van der Waals surface area contributed by atoms with E-state index in [1.54, 1.807) is 0 Å². The summed E-state index contributed by atoms with van der Waals surface area (Å²) in [7, 11) is 0. The molecule has 1 spiro atoms. The predicted octanol–water partition coefficient (Wildman–Crippen LogP) is 23.6. The Bertz CT molecular complexity index is 5220. The normalized spacial score (nSPS) is 13.9. The smallest absolute Gasteiger partial charge is 0.252 e.